The molecular formula is C11H17N3O5S2. The minimum atomic E-state index is -3.79. The van der Waals surface area contributed by atoms with Gasteiger partial charge in [-0.2, -0.15) is 4.31 Å². The second-order valence-corrected chi connectivity index (χ2v) is 8.42. The van der Waals surface area contributed by atoms with Crippen LogP contribution in [0.3, 0.4) is 0 Å². The molecule has 1 saturated heterocycles. The first-order chi connectivity index (χ1) is 9.69. The topological polar surface area (TPSA) is 116 Å². The molecule has 0 spiro atoms. The van der Waals surface area contributed by atoms with Crippen LogP contribution in [-0.2, 0) is 14.8 Å². The minimum absolute atomic E-state index is 0.105. The lowest BCUT2D eigenvalue weighted by Crippen LogP contribution is -2.49. The fourth-order valence-corrected chi connectivity index (χ4v) is 5.26. The molecule has 21 heavy (non-hydrogen) atoms. The predicted molar refractivity (Wildman–Crippen MR) is 78.8 cm³/mol. The van der Waals surface area contributed by atoms with Crippen LogP contribution in [0.15, 0.2) is 10.3 Å². The van der Waals surface area contributed by atoms with Crippen molar-refractivity contribution in [1.82, 2.24) is 4.31 Å². The van der Waals surface area contributed by atoms with Gasteiger partial charge in [0, 0.05) is 26.3 Å². The molecule has 1 aliphatic rings. The van der Waals surface area contributed by atoms with Crippen LogP contribution in [-0.4, -0.2) is 43.4 Å². The normalized spacial score (nSPS) is 24.1. The number of ether oxygens (including phenoxy) is 1. The molecule has 118 valence electrons. The monoisotopic (exact) mass is 335 g/mol. The van der Waals surface area contributed by atoms with Crippen LogP contribution in [0.25, 0.3) is 0 Å². The summed E-state index contributed by atoms with van der Waals surface area (Å²) in [6.07, 6.45) is 1.44. The standard InChI is InChI=1S/C11H17N3O5S2/c1-11(19-2)4-3-5-13(7-11)21(17,18)9-6-8(14(15)16)10(12)20-9/h6H,3-5,7,12H2,1-2H3. The van der Waals surface area contributed by atoms with E-state index in [1.807, 2.05) is 6.92 Å². The Morgan fingerprint density at radius 3 is 2.76 bits per heavy atom. The van der Waals surface area contributed by atoms with Crippen molar-refractivity contribution < 1.29 is 18.1 Å². The van der Waals surface area contributed by atoms with Gasteiger partial charge in [0.25, 0.3) is 10.0 Å². The number of rotatable bonds is 4. The molecule has 2 N–H and O–H groups in total. The van der Waals surface area contributed by atoms with Crippen molar-refractivity contribution in [2.24, 2.45) is 0 Å². The van der Waals surface area contributed by atoms with E-state index in [2.05, 4.69) is 0 Å². The fourth-order valence-electron chi connectivity index (χ4n) is 2.30. The summed E-state index contributed by atoms with van der Waals surface area (Å²) in [6.45, 7) is 2.43. The number of hydrogen-bond acceptors (Lipinski definition) is 7. The molecular weight excluding hydrogens is 318 g/mol. The summed E-state index contributed by atoms with van der Waals surface area (Å²) in [7, 11) is -2.25. The van der Waals surface area contributed by atoms with E-state index < -0.39 is 20.5 Å². The number of thiophene rings is 1. The van der Waals surface area contributed by atoms with E-state index in [1.54, 1.807) is 7.11 Å². The van der Waals surface area contributed by atoms with Gasteiger partial charge in [-0.15, -0.1) is 0 Å². The summed E-state index contributed by atoms with van der Waals surface area (Å²) >= 11 is 0.717. The summed E-state index contributed by atoms with van der Waals surface area (Å²) in [5.74, 6) is 0. The number of nitrogens with zero attached hydrogens (tertiary/aromatic N) is 2. The Bertz CT molecular complexity index is 657. The lowest BCUT2D eigenvalue weighted by molar-refractivity contribution is -0.383. The number of piperidine rings is 1. The van der Waals surface area contributed by atoms with Crippen LogP contribution in [0.5, 0.6) is 0 Å². The molecule has 0 radical (unpaired) electrons. The zero-order valence-corrected chi connectivity index (χ0v) is 13.4. The fraction of sp³-hybridized carbons (Fsp3) is 0.636. The number of hydrogen-bond donors (Lipinski definition) is 1. The highest BCUT2D eigenvalue weighted by Gasteiger charge is 2.38. The molecule has 1 aromatic rings. The van der Waals surface area contributed by atoms with Crippen molar-refractivity contribution in [1.29, 1.82) is 0 Å². The highest BCUT2D eigenvalue weighted by molar-refractivity contribution is 7.91. The van der Waals surface area contributed by atoms with E-state index >= 15 is 0 Å². The van der Waals surface area contributed by atoms with Gasteiger partial charge in [-0.05, 0) is 19.8 Å². The van der Waals surface area contributed by atoms with Gasteiger partial charge in [-0.1, -0.05) is 11.3 Å². The van der Waals surface area contributed by atoms with Crippen LogP contribution in [0.2, 0.25) is 0 Å². The number of nitro groups is 1. The second-order valence-electron chi connectivity index (χ2n) is 5.17. The molecule has 8 nitrogen and oxygen atoms in total. The number of nitrogen functional groups attached to an aromatic ring is 1. The van der Waals surface area contributed by atoms with Gasteiger partial charge in [-0.3, -0.25) is 10.1 Å². The molecule has 10 heteroatoms. The van der Waals surface area contributed by atoms with Crippen LogP contribution < -0.4 is 5.73 Å². The van der Waals surface area contributed by atoms with E-state index in [-0.39, 0.29) is 21.4 Å². The molecule has 1 atom stereocenters. The van der Waals surface area contributed by atoms with E-state index in [4.69, 9.17) is 10.5 Å². The van der Waals surface area contributed by atoms with E-state index in [1.165, 1.54) is 4.31 Å². The summed E-state index contributed by atoms with van der Waals surface area (Å²) < 4.78 is 31.7. The van der Waals surface area contributed by atoms with Crippen LogP contribution >= 0.6 is 11.3 Å². The van der Waals surface area contributed by atoms with Gasteiger partial charge in [0.15, 0.2) is 5.00 Å². The maximum atomic E-state index is 12.6. The molecule has 1 aromatic heterocycles. The van der Waals surface area contributed by atoms with Crippen molar-refractivity contribution >= 4 is 32.0 Å². The van der Waals surface area contributed by atoms with Crippen molar-refractivity contribution in [3.8, 4) is 0 Å². The van der Waals surface area contributed by atoms with Crippen LogP contribution in [0, 0.1) is 10.1 Å². The third kappa shape index (κ3) is 3.03. The summed E-state index contributed by atoms with van der Waals surface area (Å²) in [4.78, 5) is 10.1. The van der Waals surface area contributed by atoms with Gasteiger partial charge >= 0.3 is 5.69 Å². The van der Waals surface area contributed by atoms with E-state index in [0.29, 0.717) is 24.3 Å². The number of methoxy groups -OCH3 is 1. The average molecular weight is 335 g/mol. The summed E-state index contributed by atoms with van der Waals surface area (Å²) in [6, 6.07) is 1.02. The first kappa shape index (κ1) is 16.1. The SMILES string of the molecule is COC1(C)CCCN(S(=O)(=O)c2cc([N+](=O)[O-])c(N)s2)C1. The number of sulfonamides is 1. The number of nitrogens with two attached hydrogens (primary N) is 1. The first-order valence-electron chi connectivity index (χ1n) is 6.28. The zero-order valence-electron chi connectivity index (χ0n) is 11.7. The maximum Gasteiger partial charge on any atom is 0.304 e. The molecule has 1 fully saturated rings. The molecule has 0 bridgehead atoms. The van der Waals surface area contributed by atoms with Gasteiger partial charge in [0.05, 0.1) is 10.5 Å². The molecule has 1 aliphatic heterocycles. The maximum absolute atomic E-state index is 12.6. The Kier molecular flexibility index (Phi) is 4.24. The second kappa shape index (κ2) is 5.52. The minimum Gasteiger partial charge on any atom is -0.385 e. The molecule has 0 aliphatic carbocycles. The van der Waals surface area contributed by atoms with Gasteiger partial charge < -0.3 is 10.5 Å². The van der Waals surface area contributed by atoms with Crippen molar-refractivity contribution in [3.05, 3.63) is 16.2 Å². The van der Waals surface area contributed by atoms with Gasteiger partial charge in [0.2, 0.25) is 0 Å². The Morgan fingerprint density at radius 2 is 2.24 bits per heavy atom. The summed E-state index contributed by atoms with van der Waals surface area (Å²) in [5.41, 5.74) is 4.61. The Hall–Kier alpha value is -1.23. The predicted octanol–water partition coefficient (Wildman–Crippen LogP) is 1.43. The molecule has 2 rings (SSSR count). The highest BCUT2D eigenvalue weighted by atomic mass is 32.2. The smallest absolute Gasteiger partial charge is 0.304 e. The lowest BCUT2D eigenvalue weighted by Gasteiger charge is -2.38. The largest absolute Gasteiger partial charge is 0.385 e. The lowest BCUT2D eigenvalue weighted by atomic mass is 9.96. The molecule has 0 amide bonds. The summed E-state index contributed by atoms with van der Waals surface area (Å²) in [5, 5.41) is 10.7. The van der Waals surface area contributed by atoms with Crippen LogP contribution in [0.4, 0.5) is 10.7 Å². The first-order valence-corrected chi connectivity index (χ1v) is 8.54. The molecule has 0 aromatic carbocycles. The van der Waals surface area contributed by atoms with Gasteiger partial charge in [-0.25, -0.2) is 8.42 Å². The third-order valence-electron chi connectivity index (χ3n) is 3.63. The zero-order chi connectivity index (χ0) is 15.8. The highest BCUT2D eigenvalue weighted by Crippen LogP contribution is 2.37. The average Bonchev–Trinajstić information content (AvgIpc) is 2.82. The molecule has 1 unspecified atom stereocenters. The Balaban J connectivity index is 2.34. The van der Waals surface area contributed by atoms with Crippen molar-refractivity contribution in [2.45, 2.75) is 29.6 Å². The van der Waals surface area contributed by atoms with E-state index in [9.17, 15) is 18.5 Å². The van der Waals surface area contributed by atoms with Gasteiger partial charge in [0.1, 0.15) is 4.21 Å². The third-order valence-corrected chi connectivity index (χ3v) is 6.87. The Morgan fingerprint density at radius 1 is 1.57 bits per heavy atom. The van der Waals surface area contributed by atoms with Crippen molar-refractivity contribution in [2.75, 3.05) is 25.9 Å². The Labute approximate surface area is 126 Å². The molecule has 2 heterocycles. The number of anilines is 1. The van der Waals surface area contributed by atoms with Crippen LogP contribution in [0.1, 0.15) is 19.8 Å². The van der Waals surface area contributed by atoms with E-state index in [0.717, 1.165) is 12.5 Å². The quantitative estimate of drug-likeness (QED) is 0.657. The molecule has 0 saturated carbocycles. The van der Waals surface area contributed by atoms with Crippen molar-refractivity contribution in [3.63, 3.8) is 0 Å².